The number of halogens is 1. The molecule has 0 aliphatic rings. The fourth-order valence-corrected chi connectivity index (χ4v) is 2.67. The molecule has 106 valence electrons. The third-order valence-corrected chi connectivity index (χ3v) is 4.23. The predicted octanol–water partition coefficient (Wildman–Crippen LogP) is 4.15. The molecule has 0 aromatic heterocycles. The highest BCUT2D eigenvalue weighted by molar-refractivity contribution is 9.10. The van der Waals surface area contributed by atoms with Crippen LogP contribution in [0.25, 0.3) is 0 Å². The summed E-state index contributed by atoms with van der Waals surface area (Å²) in [6, 6.07) is 12.4. The summed E-state index contributed by atoms with van der Waals surface area (Å²) in [5.41, 5.74) is 10.6. The Bertz CT molecular complexity index is 575. The molecule has 0 radical (unpaired) electrons. The van der Waals surface area contributed by atoms with Crippen molar-refractivity contribution < 1.29 is 4.74 Å². The van der Waals surface area contributed by atoms with Crippen LogP contribution in [0.4, 0.5) is 0 Å². The molecule has 0 fully saturated rings. The van der Waals surface area contributed by atoms with Crippen LogP contribution in [0.5, 0.6) is 5.75 Å². The van der Waals surface area contributed by atoms with Crippen molar-refractivity contribution in [2.75, 3.05) is 6.54 Å². The fourth-order valence-electron chi connectivity index (χ4n) is 2.22. The van der Waals surface area contributed by atoms with Gasteiger partial charge in [0.1, 0.15) is 12.4 Å². The molecule has 3 heteroatoms. The van der Waals surface area contributed by atoms with Crippen LogP contribution in [0.3, 0.4) is 0 Å². The largest absolute Gasteiger partial charge is 0.489 e. The van der Waals surface area contributed by atoms with E-state index in [4.69, 9.17) is 10.5 Å². The van der Waals surface area contributed by atoms with Crippen molar-refractivity contribution >= 4 is 15.9 Å². The number of benzene rings is 2. The van der Waals surface area contributed by atoms with E-state index in [1.54, 1.807) is 0 Å². The van der Waals surface area contributed by atoms with Crippen molar-refractivity contribution in [2.24, 2.45) is 5.73 Å². The molecule has 0 bridgehead atoms. The van der Waals surface area contributed by atoms with Gasteiger partial charge in [-0.3, -0.25) is 0 Å². The van der Waals surface area contributed by atoms with Gasteiger partial charge in [0.2, 0.25) is 0 Å². The molecule has 0 spiro atoms. The van der Waals surface area contributed by atoms with Crippen LogP contribution >= 0.6 is 15.9 Å². The molecule has 0 heterocycles. The Balaban J connectivity index is 2.13. The molecule has 0 saturated heterocycles. The smallest absolute Gasteiger partial charge is 0.120 e. The SMILES string of the molecule is Cc1cccc(C)c1COc1ccc(Br)c(CCN)c1. The minimum atomic E-state index is 0.599. The van der Waals surface area contributed by atoms with Gasteiger partial charge < -0.3 is 10.5 Å². The van der Waals surface area contributed by atoms with Crippen LogP contribution in [0.2, 0.25) is 0 Å². The molecule has 2 rings (SSSR count). The van der Waals surface area contributed by atoms with Gasteiger partial charge in [-0.15, -0.1) is 0 Å². The van der Waals surface area contributed by atoms with Gasteiger partial charge in [0.15, 0.2) is 0 Å². The molecule has 0 aliphatic heterocycles. The minimum Gasteiger partial charge on any atom is -0.489 e. The monoisotopic (exact) mass is 333 g/mol. The second kappa shape index (κ2) is 6.91. The summed E-state index contributed by atoms with van der Waals surface area (Å²) in [7, 11) is 0. The summed E-state index contributed by atoms with van der Waals surface area (Å²) < 4.78 is 7.02. The Kier molecular flexibility index (Phi) is 5.21. The van der Waals surface area contributed by atoms with E-state index in [1.165, 1.54) is 22.3 Å². The first-order valence-electron chi connectivity index (χ1n) is 6.78. The van der Waals surface area contributed by atoms with Crippen molar-refractivity contribution in [1.29, 1.82) is 0 Å². The van der Waals surface area contributed by atoms with Crippen molar-refractivity contribution in [3.63, 3.8) is 0 Å². The predicted molar refractivity (Wildman–Crippen MR) is 87.1 cm³/mol. The molecule has 0 aliphatic carbocycles. The van der Waals surface area contributed by atoms with Crippen LogP contribution in [0.15, 0.2) is 40.9 Å². The molecular weight excluding hydrogens is 314 g/mol. The van der Waals surface area contributed by atoms with Gasteiger partial charge in [-0.1, -0.05) is 34.1 Å². The van der Waals surface area contributed by atoms with Gasteiger partial charge in [-0.05, 0) is 67.3 Å². The third kappa shape index (κ3) is 3.62. The summed E-state index contributed by atoms with van der Waals surface area (Å²) in [6.07, 6.45) is 0.848. The van der Waals surface area contributed by atoms with E-state index in [2.05, 4.69) is 54.0 Å². The van der Waals surface area contributed by atoms with E-state index in [-0.39, 0.29) is 0 Å². The number of nitrogens with two attached hydrogens (primary N) is 1. The minimum absolute atomic E-state index is 0.599. The highest BCUT2D eigenvalue weighted by Crippen LogP contribution is 2.24. The Morgan fingerprint density at radius 1 is 1.10 bits per heavy atom. The van der Waals surface area contributed by atoms with E-state index in [0.717, 1.165) is 16.6 Å². The topological polar surface area (TPSA) is 35.2 Å². The van der Waals surface area contributed by atoms with Crippen LogP contribution in [0, 0.1) is 13.8 Å². The van der Waals surface area contributed by atoms with E-state index >= 15 is 0 Å². The molecule has 2 aromatic carbocycles. The van der Waals surface area contributed by atoms with E-state index in [1.807, 2.05) is 12.1 Å². The summed E-state index contributed by atoms with van der Waals surface area (Å²) in [5, 5.41) is 0. The molecule has 0 unspecified atom stereocenters. The van der Waals surface area contributed by atoms with Crippen LogP contribution < -0.4 is 10.5 Å². The summed E-state index contributed by atoms with van der Waals surface area (Å²) >= 11 is 3.54. The fraction of sp³-hybridized carbons (Fsp3) is 0.294. The van der Waals surface area contributed by atoms with Crippen LogP contribution in [0.1, 0.15) is 22.3 Å². The zero-order valence-corrected chi connectivity index (χ0v) is 13.5. The van der Waals surface area contributed by atoms with Crippen LogP contribution in [-0.2, 0) is 13.0 Å². The Morgan fingerprint density at radius 3 is 2.45 bits per heavy atom. The zero-order chi connectivity index (χ0) is 14.5. The second-order valence-electron chi connectivity index (χ2n) is 4.95. The lowest BCUT2D eigenvalue weighted by molar-refractivity contribution is 0.304. The van der Waals surface area contributed by atoms with E-state index < -0.39 is 0 Å². The van der Waals surface area contributed by atoms with Crippen molar-refractivity contribution in [2.45, 2.75) is 26.9 Å². The molecule has 20 heavy (non-hydrogen) atoms. The maximum absolute atomic E-state index is 5.93. The highest BCUT2D eigenvalue weighted by atomic mass is 79.9. The third-order valence-electron chi connectivity index (χ3n) is 3.46. The Morgan fingerprint density at radius 2 is 1.80 bits per heavy atom. The maximum atomic E-state index is 5.93. The van der Waals surface area contributed by atoms with Gasteiger partial charge in [-0.2, -0.15) is 0 Å². The van der Waals surface area contributed by atoms with Gasteiger partial charge in [-0.25, -0.2) is 0 Å². The lowest BCUT2D eigenvalue weighted by Gasteiger charge is -2.13. The van der Waals surface area contributed by atoms with Gasteiger partial charge >= 0.3 is 0 Å². The lowest BCUT2D eigenvalue weighted by atomic mass is 10.0. The van der Waals surface area contributed by atoms with Crippen LogP contribution in [-0.4, -0.2) is 6.54 Å². The molecule has 0 amide bonds. The van der Waals surface area contributed by atoms with Gasteiger partial charge in [0.25, 0.3) is 0 Å². The summed E-state index contributed by atoms with van der Waals surface area (Å²) in [6.45, 7) is 5.47. The van der Waals surface area contributed by atoms with Crippen molar-refractivity contribution in [3.05, 3.63) is 63.1 Å². The number of aryl methyl sites for hydroxylation is 2. The molecular formula is C17H20BrNO. The molecule has 2 N–H and O–H groups in total. The zero-order valence-electron chi connectivity index (χ0n) is 11.9. The normalized spacial score (nSPS) is 10.6. The first kappa shape index (κ1) is 15.1. The highest BCUT2D eigenvalue weighted by Gasteiger charge is 2.05. The first-order valence-corrected chi connectivity index (χ1v) is 7.57. The van der Waals surface area contributed by atoms with Gasteiger partial charge in [0.05, 0.1) is 0 Å². The van der Waals surface area contributed by atoms with Crippen molar-refractivity contribution in [3.8, 4) is 5.75 Å². The summed E-state index contributed by atoms with van der Waals surface area (Å²) in [5.74, 6) is 0.888. The number of hydrogen-bond donors (Lipinski definition) is 1. The average molecular weight is 334 g/mol. The first-order chi connectivity index (χ1) is 9.61. The van der Waals surface area contributed by atoms with Crippen molar-refractivity contribution in [1.82, 2.24) is 0 Å². The Labute approximate surface area is 129 Å². The maximum Gasteiger partial charge on any atom is 0.120 e. The molecule has 0 atom stereocenters. The molecule has 0 saturated carbocycles. The number of ether oxygens (including phenoxy) is 1. The van der Waals surface area contributed by atoms with Gasteiger partial charge in [0, 0.05) is 4.47 Å². The molecule has 2 aromatic rings. The number of rotatable bonds is 5. The second-order valence-corrected chi connectivity index (χ2v) is 5.81. The Hall–Kier alpha value is -1.32. The summed E-state index contributed by atoms with van der Waals surface area (Å²) in [4.78, 5) is 0. The number of hydrogen-bond acceptors (Lipinski definition) is 2. The average Bonchev–Trinajstić information content (AvgIpc) is 2.42. The lowest BCUT2D eigenvalue weighted by Crippen LogP contribution is -2.04. The van der Waals surface area contributed by atoms with E-state index in [0.29, 0.717) is 13.2 Å². The standard InChI is InChI=1S/C17H20BrNO/c1-12-4-3-5-13(2)16(12)11-20-15-6-7-17(18)14(10-15)8-9-19/h3-7,10H,8-9,11,19H2,1-2H3. The quantitative estimate of drug-likeness (QED) is 0.892. The molecule has 2 nitrogen and oxygen atoms in total. The van der Waals surface area contributed by atoms with E-state index in [9.17, 15) is 0 Å².